The van der Waals surface area contributed by atoms with Gasteiger partial charge in [-0.1, -0.05) is 26.0 Å². The minimum atomic E-state index is -4.44. The SMILES string of the molecule is CCN(CC)Cc1cc(C(F)(F)F)ccc1-c1cc(CC(=O)O)ccc1OC. The lowest BCUT2D eigenvalue weighted by Crippen LogP contribution is -2.23. The number of nitrogens with zero attached hydrogens (tertiary/aromatic N) is 1. The average Bonchev–Trinajstić information content (AvgIpc) is 2.64. The Morgan fingerprint density at radius 3 is 2.29 bits per heavy atom. The summed E-state index contributed by atoms with van der Waals surface area (Å²) < 4.78 is 45.1. The molecule has 0 bridgehead atoms. The van der Waals surface area contributed by atoms with Crippen molar-refractivity contribution in [2.24, 2.45) is 0 Å². The lowest BCUT2D eigenvalue weighted by molar-refractivity contribution is -0.138. The van der Waals surface area contributed by atoms with Gasteiger partial charge in [-0.25, -0.2) is 0 Å². The highest BCUT2D eigenvalue weighted by molar-refractivity contribution is 5.77. The van der Waals surface area contributed by atoms with Crippen LogP contribution in [-0.4, -0.2) is 36.2 Å². The number of halogens is 3. The van der Waals surface area contributed by atoms with Crippen LogP contribution in [0.15, 0.2) is 36.4 Å². The van der Waals surface area contributed by atoms with Crippen LogP contribution in [0, 0.1) is 0 Å². The second-order valence-electron chi connectivity index (χ2n) is 6.44. The highest BCUT2D eigenvalue weighted by Gasteiger charge is 2.31. The molecular weight excluding hydrogens is 371 g/mol. The Labute approximate surface area is 162 Å². The van der Waals surface area contributed by atoms with Crippen molar-refractivity contribution in [3.8, 4) is 16.9 Å². The average molecular weight is 395 g/mol. The van der Waals surface area contributed by atoms with Crippen molar-refractivity contribution in [3.05, 3.63) is 53.1 Å². The van der Waals surface area contributed by atoms with E-state index >= 15 is 0 Å². The number of aliphatic carboxylic acids is 1. The maximum atomic E-state index is 13.3. The van der Waals surface area contributed by atoms with Crippen molar-refractivity contribution in [2.75, 3.05) is 20.2 Å². The molecule has 2 aromatic carbocycles. The molecule has 0 aromatic heterocycles. The maximum absolute atomic E-state index is 13.3. The molecule has 0 fully saturated rings. The van der Waals surface area contributed by atoms with E-state index in [9.17, 15) is 18.0 Å². The summed E-state index contributed by atoms with van der Waals surface area (Å²) >= 11 is 0. The zero-order valence-electron chi connectivity index (χ0n) is 16.1. The smallest absolute Gasteiger partial charge is 0.416 e. The first-order valence-corrected chi connectivity index (χ1v) is 9.01. The van der Waals surface area contributed by atoms with Gasteiger partial charge in [-0.05, 0) is 54.0 Å². The quantitative estimate of drug-likeness (QED) is 0.694. The molecule has 4 nitrogen and oxygen atoms in total. The highest BCUT2D eigenvalue weighted by atomic mass is 19.4. The van der Waals surface area contributed by atoms with Gasteiger partial charge in [-0.3, -0.25) is 9.69 Å². The van der Waals surface area contributed by atoms with Crippen molar-refractivity contribution in [3.63, 3.8) is 0 Å². The lowest BCUT2D eigenvalue weighted by atomic mass is 9.94. The van der Waals surface area contributed by atoms with Gasteiger partial charge in [-0.2, -0.15) is 13.2 Å². The summed E-state index contributed by atoms with van der Waals surface area (Å²) in [4.78, 5) is 13.1. The molecule has 2 rings (SSSR count). The van der Waals surface area contributed by atoms with Crippen LogP contribution in [0.2, 0.25) is 0 Å². The van der Waals surface area contributed by atoms with Crippen LogP contribution < -0.4 is 4.74 Å². The Bertz CT molecular complexity index is 830. The number of carboxylic acids is 1. The van der Waals surface area contributed by atoms with Gasteiger partial charge in [0.2, 0.25) is 0 Å². The second-order valence-corrected chi connectivity index (χ2v) is 6.44. The second kappa shape index (κ2) is 9.10. The van der Waals surface area contributed by atoms with Gasteiger partial charge in [0.1, 0.15) is 5.75 Å². The van der Waals surface area contributed by atoms with Gasteiger partial charge >= 0.3 is 12.1 Å². The molecule has 2 aromatic rings. The van der Waals surface area contributed by atoms with Gasteiger partial charge in [0.15, 0.2) is 0 Å². The van der Waals surface area contributed by atoms with E-state index in [-0.39, 0.29) is 6.42 Å². The number of alkyl halides is 3. The first kappa shape index (κ1) is 21.8. The number of hydrogen-bond acceptors (Lipinski definition) is 3. The van der Waals surface area contributed by atoms with E-state index in [1.807, 2.05) is 18.7 Å². The number of ether oxygens (including phenoxy) is 1. The molecule has 0 amide bonds. The Kier molecular flexibility index (Phi) is 7.07. The summed E-state index contributed by atoms with van der Waals surface area (Å²) in [5, 5.41) is 9.06. The number of carbonyl (C=O) groups is 1. The van der Waals surface area contributed by atoms with Crippen LogP contribution in [0.1, 0.15) is 30.5 Å². The van der Waals surface area contributed by atoms with Crippen LogP contribution in [0.4, 0.5) is 13.2 Å². The van der Waals surface area contributed by atoms with Crippen molar-refractivity contribution < 1.29 is 27.8 Å². The summed E-state index contributed by atoms with van der Waals surface area (Å²) in [6.45, 7) is 5.64. The first-order valence-electron chi connectivity index (χ1n) is 9.01. The molecule has 0 aliphatic carbocycles. The topological polar surface area (TPSA) is 49.8 Å². The predicted octanol–water partition coefficient (Wildman–Crippen LogP) is 4.85. The van der Waals surface area contributed by atoms with Gasteiger partial charge in [-0.15, -0.1) is 0 Å². The fourth-order valence-electron chi connectivity index (χ4n) is 3.10. The molecule has 0 aliphatic heterocycles. The van der Waals surface area contributed by atoms with Crippen molar-refractivity contribution in [1.29, 1.82) is 0 Å². The zero-order valence-corrected chi connectivity index (χ0v) is 16.1. The highest BCUT2D eigenvalue weighted by Crippen LogP contribution is 2.37. The van der Waals surface area contributed by atoms with E-state index in [0.717, 1.165) is 12.1 Å². The molecular formula is C21H24F3NO3. The normalized spacial score (nSPS) is 11.7. The fraction of sp³-hybridized carbons (Fsp3) is 0.381. The first-order chi connectivity index (χ1) is 13.2. The number of carboxylic acid groups (broad SMARTS) is 1. The molecule has 152 valence electrons. The molecule has 1 N–H and O–H groups in total. The molecule has 0 atom stereocenters. The molecule has 0 aliphatic rings. The lowest BCUT2D eigenvalue weighted by Gasteiger charge is -2.22. The van der Waals surface area contributed by atoms with Crippen LogP contribution in [-0.2, 0) is 23.9 Å². The number of hydrogen-bond donors (Lipinski definition) is 1. The Morgan fingerprint density at radius 1 is 1.07 bits per heavy atom. The molecule has 0 saturated heterocycles. The van der Waals surface area contributed by atoms with E-state index in [1.54, 1.807) is 18.2 Å². The molecule has 28 heavy (non-hydrogen) atoms. The maximum Gasteiger partial charge on any atom is 0.416 e. The standard InChI is InChI=1S/C21H24F3NO3/c1-4-25(5-2)13-15-12-16(21(22,23)24)7-8-17(15)18-10-14(11-20(26)27)6-9-19(18)28-3/h6-10,12H,4-5,11,13H2,1-3H3,(H,26,27). The van der Waals surface area contributed by atoms with Crippen LogP contribution in [0.3, 0.4) is 0 Å². The molecule has 0 unspecified atom stereocenters. The summed E-state index contributed by atoms with van der Waals surface area (Å²) in [7, 11) is 1.48. The third kappa shape index (κ3) is 5.25. The fourth-order valence-corrected chi connectivity index (χ4v) is 3.10. The minimum Gasteiger partial charge on any atom is -0.496 e. The summed E-state index contributed by atoms with van der Waals surface area (Å²) in [5.41, 5.74) is 1.54. The third-order valence-corrected chi connectivity index (χ3v) is 4.63. The van der Waals surface area contributed by atoms with Crippen LogP contribution in [0.5, 0.6) is 5.75 Å². The zero-order chi connectivity index (χ0) is 20.9. The van der Waals surface area contributed by atoms with E-state index in [4.69, 9.17) is 9.84 Å². The monoisotopic (exact) mass is 395 g/mol. The minimum absolute atomic E-state index is 0.178. The number of methoxy groups -OCH3 is 1. The van der Waals surface area contributed by atoms with Crippen LogP contribution in [0.25, 0.3) is 11.1 Å². The van der Waals surface area contributed by atoms with E-state index in [2.05, 4.69) is 0 Å². The largest absolute Gasteiger partial charge is 0.496 e. The van der Waals surface area contributed by atoms with Crippen molar-refractivity contribution in [1.82, 2.24) is 4.90 Å². The number of rotatable bonds is 8. The Morgan fingerprint density at radius 2 is 1.75 bits per heavy atom. The van der Waals surface area contributed by atoms with Crippen molar-refractivity contribution >= 4 is 5.97 Å². The van der Waals surface area contributed by atoms with E-state index < -0.39 is 17.7 Å². The van der Waals surface area contributed by atoms with Gasteiger partial charge in [0, 0.05) is 12.1 Å². The van der Waals surface area contributed by atoms with Crippen molar-refractivity contribution in [2.45, 2.75) is 33.0 Å². The van der Waals surface area contributed by atoms with Gasteiger partial charge < -0.3 is 9.84 Å². The molecule has 7 heteroatoms. The molecule has 0 saturated carbocycles. The predicted molar refractivity (Wildman–Crippen MR) is 101 cm³/mol. The van der Waals surface area contributed by atoms with Gasteiger partial charge in [0.05, 0.1) is 19.1 Å². The molecule has 0 heterocycles. The van der Waals surface area contributed by atoms with Gasteiger partial charge in [0.25, 0.3) is 0 Å². The Balaban J connectivity index is 2.64. The van der Waals surface area contributed by atoms with Crippen LogP contribution >= 0.6 is 0 Å². The van der Waals surface area contributed by atoms with E-state index in [0.29, 0.717) is 47.6 Å². The third-order valence-electron chi connectivity index (χ3n) is 4.63. The summed E-state index contributed by atoms with van der Waals surface area (Å²) in [5.74, 6) is -0.499. The molecule has 0 radical (unpaired) electrons. The summed E-state index contributed by atoms with van der Waals surface area (Å²) in [6.07, 6.45) is -4.62. The number of benzene rings is 2. The summed E-state index contributed by atoms with van der Waals surface area (Å²) in [6, 6.07) is 8.60. The Hall–Kier alpha value is -2.54. The van der Waals surface area contributed by atoms with E-state index in [1.165, 1.54) is 13.2 Å². The molecule has 0 spiro atoms.